The van der Waals surface area contributed by atoms with E-state index in [2.05, 4.69) is 5.32 Å². The SMILES string of the molecule is CC(C)C[C@@H](N)C(=O)Nc1ccc(OC(C)C)cc1. The number of carbonyl (C=O) groups excluding carboxylic acids is 1. The molecule has 4 nitrogen and oxygen atoms in total. The average Bonchev–Trinajstić information content (AvgIpc) is 2.30. The molecule has 1 aromatic carbocycles. The van der Waals surface area contributed by atoms with E-state index in [0.29, 0.717) is 12.3 Å². The van der Waals surface area contributed by atoms with Gasteiger partial charge >= 0.3 is 0 Å². The Hall–Kier alpha value is -1.55. The van der Waals surface area contributed by atoms with Crippen molar-refractivity contribution in [2.75, 3.05) is 5.32 Å². The molecule has 0 aliphatic heterocycles. The molecule has 0 spiro atoms. The molecule has 0 aliphatic rings. The lowest BCUT2D eigenvalue weighted by Gasteiger charge is -2.15. The molecule has 0 unspecified atom stereocenters. The van der Waals surface area contributed by atoms with Gasteiger partial charge in [0.1, 0.15) is 5.75 Å². The van der Waals surface area contributed by atoms with E-state index in [9.17, 15) is 4.79 Å². The number of amides is 1. The van der Waals surface area contributed by atoms with Gasteiger partial charge in [-0.15, -0.1) is 0 Å². The summed E-state index contributed by atoms with van der Waals surface area (Å²) in [4.78, 5) is 11.8. The van der Waals surface area contributed by atoms with Gasteiger partial charge in [0.2, 0.25) is 5.91 Å². The molecule has 1 aromatic rings. The summed E-state index contributed by atoms with van der Waals surface area (Å²) in [6.45, 7) is 8.04. The standard InChI is InChI=1S/C15H24N2O2/c1-10(2)9-14(16)15(18)17-12-5-7-13(8-6-12)19-11(3)4/h5-8,10-11,14H,9,16H2,1-4H3,(H,17,18)/t14-/m1/s1. The van der Waals surface area contributed by atoms with Crippen LogP contribution >= 0.6 is 0 Å². The predicted molar refractivity (Wildman–Crippen MR) is 78.3 cm³/mol. The molecule has 0 saturated heterocycles. The maximum absolute atomic E-state index is 11.8. The van der Waals surface area contributed by atoms with E-state index in [-0.39, 0.29) is 12.0 Å². The minimum atomic E-state index is -0.466. The quantitative estimate of drug-likeness (QED) is 0.830. The van der Waals surface area contributed by atoms with Crippen LogP contribution in [0.1, 0.15) is 34.1 Å². The van der Waals surface area contributed by atoms with E-state index in [0.717, 1.165) is 11.4 Å². The third kappa shape index (κ3) is 5.75. The summed E-state index contributed by atoms with van der Waals surface area (Å²) in [6.07, 6.45) is 0.820. The van der Waals surface area contributed by atoms with Crippen LogP contribution in [0, 0.1) is 5.92 Å². The first-order chi connectivity index (χ1) is 8.88. The number of anilines is 1. The lowest BCUT2D eigenvalue weighted by Crippen LogP contribution is -2.36. The van der Waals surface area contributed by atoms with E-state index < -0.39 is 6.04 Å². The molecule has 3 N–H and O–H groups in total. The van der Waals surface area contributed by atoms with E-state index in [1.807, 2.05) is 52.0 Å². The Balaban J connectivity index is 2.55. The highest BCUT2D eigenvalue weighted by atomic mass is 16.5. The molecule has 0 saturated carbocycles. The van der Waals surface area contributed by atoms with Gasteiger partial charge in [0.05, 0.1) is 12.1 Å². The van der Waals surface area contributed by atoms with Gasteiger partial charge in [-0.2, -0.15) is 0 Å². The zero-order valence-electron chi connectivity index (χ0n) is 12.1. The first-order valence-electron chi connectivity index (χ1n) is 6.71. The zero-order chi connectivity index (χ0) is 14.4. The van der Waals surface area contributed by atoms with Crippen LogP contribution in [0.15, 0.2) is 24.3 Å². The molecule has 1 amide bonds. The Bertz CT molecular complexity index is 399. The van der Waals surface area contributed by atoms with Crippen molar-refractivity contribution >= 4 is 11.6 Å². The van der Waals surface area contributed by atoms with Gasteiger partial charge in [0, 0.05) is 5.69 Å². The summed E-state index contributed by atoms with van der Waals surface area (Å²) in [5.41, 5.74) is 6.56. The Morgan fingerprint density at radius 1 is 1.21 bits per heavy atom. The number of rotatable bonds is 6. The Morgan fingerprint density at radius 3 is 2.26 bits per heavy atom. The van der Waals surface area contributed by atoms with Gasteiger partial charge in [-0.05, 0) is 50.5 Å². The van der Waals surface area contributed by atoms with Crippen molar-refractivity contribution in [3.63, 3.8) is 0 Å². The van der Waals surface area contributed by atoms with Crippen LogP contribution in [-0.2, 0) is 4.79 Å². The highest BCUT2D eigenvalue weighted by Gasteiger charge is 2.14. The van der Waals surface area contributed by atoms with E-state index in [1.165, 1.54) is 0 Å². The highest BCUT2D eigenvalue weighted by Crippen LogP contribution is 2.17. The molecule has 4 heteroatoms. The van der Waals surface area contributed by atoms with Gasteiger partial charge in [-0.1, -0.05) is 13.8 Å². The van der Waals surface area contributed by atoms with Crippen LogP contribution in [0.25, 0.3) is 0 Å². The highest BCUT2D eigenvalue weighted by molar-refractivity contribution is 5.94. The minimum absolute atomic E-state index is 0.139. The number of hydrogen-bond acceptors (Lipinski definition) is 3. The summed E-state index contributed by atoms with van der Waals surface area (Å²) >= 11 is 0. The van der Waals surface area contributed by atoms with E-state index in [1.54, 1.807) is 0 Å². The van der Waals surface area contributed by atoms with Crippen molar-refractivity contribution in [1.29, 1.82) is 0 Å². The summed E-state index contributed by atoms with van der Waals surface area (Å²) < 4.78 is 5.54. The molecule has 0 aromatic heterocycles. The van der Waals surface area contributed by atoms with Crippen molar-refractivity contribution in [3.8, 4) is 5.75 Å². The second-order valence-electron chi connectivity index (χ2n) is 5.42. The van der Waals surface area contributed by atoms with Gasteiger partial charge in [0.15, 0.2) is 0 Å². The zero-order valence-corrected chi connectivity index (χ0v) is 12.1. The van der Waals surface area contributed by atoms with Crippen molar-refractivity contribution in [3.05, 3.63) is 24.3 Å². The Labute approximate surface area is 115 Å². The second kappa shape index (κ2) is 7.14. The van der Waals surface area contributed by atoms with Crippen LogP contribution in [0.4, 0.5) is 5.69 Å². The van der Waals surface area contributed by atoms with Crippen molar-refractivity contribution in [2.24, 2.45) is 11.7 Å². The average molecular weight is 264 g/mol. The van der Waals surface area contributed by atoms with Gasteiger partial charge in [-0.3, -0.25) is 4.79 Å². The van der Waals surface area contributed by atoms with Crippen molar-refractivity contribution < 1.29 is 9.53 Å². The fourth-order valence-electron chi connectivity index (χ4n) is 1.74. The first-order valence-corrected chi connectivity index (χ1v) is 6.71. The van der Waals surface area contributed by atoms with Crippen molar-refractivity contribution in [2.45, 2.75) is 46.3 Å². The smallest absolute Gasteiger partial charge is 0.241 e. The maximum atomic E-state index is 11.8. The molecular formula is C15H24N2O2. The summed E-state index contributed by atoms with van der Waals surface area (Å²) in [5, 5.41) is 2.81. The lowest BCUT2D eigenvalue weighted by atomic mass is 10.0. The fraction of sp³-hybridized carbons (Fsp3) is 0.533. The van der Waals surface area contributed by atoms with E-state index in [4.69, 9.17) is 10.5 Å². The molecule has 0 aliphatic carbocycles. The number of hydrogen-bond donors (Lipinski definition) is 2. The van der Waals surface area contributed by atoms with Crippen LogP contribution in [0.2, 0.25) is 0 Å². The molecule has 0 bridgehead atoms. The molecular weight excluding hydrogens is 240 g/mol. The number of nitrogens with one attached hydrogen (secondary N) is 1. The van der Waals surface area contributed by atoms with Gasteiger partial charge in [0.25, 0.3) is 0 Å². The summed E-state index contributed by atoms with van der Waals surface area (Å²) in [6, 6.07) is 6.84. The van der Waals surface area contributed by atoms with Gasteiger partial charge in [-0.25, -0.2) is 0 Å². The first kappa shape index (κ1) is 15.5. The maximum Gasteiger partial charge on any atom is 0.241 e. The number of nitrogens with two attached hydrogens (primary N) is 1. The largest absolute Gasteiger partial charge is 0.491 e. The van der Waals surface area contributed by atoms with Gasteiger partial charge < -0.3 is 15.8 Å². The van der Waals surface area contributed by atoms with Crippen LogP contribution in [0.3, 0.4) is 0 Å². The normalized spacial score (nSPS) is 12.6. The van der Waals surface area contributed by atoms with Crippen molar-refractivity contribution in [1.82, 2.24) is 0 Å². The van der Waals surface area contributed by atoms with Crippen LogP contribution in [-0.4, -0.2) is 18.1 Å². The predicted octanol–water partition coefficient (Wildman–Crippen LogP) is 2.79. The summed E-state index contributed by atoms with van der Waals surface area (Å²) in [7, 11) is 0. The number of benzene rings is 1. The molecule has 19 heavy (non-hydrogen) atoms. The molecule has 0 heterocycles. The molecule has 0 fully saturated rings. The second-order valence-corrected chi connectivity index (χ2v) is 5.42. The molecule has 106 valence electrons. The van der Waals surface area contributed by atoms with Crippen LogP contribution in [0.5, 0.6) is 5.75 Å². The molecule has 1 rings (SSSR count). The topological polar surface area (TPSA) is 64.4 Å². The van der Waals surface area contributed by atoms with Crippen LogP contribution < -0.4 is 15.8 Å². The lowest BCUT2D eigenvalue weighted by molar-refractivity contribution is -0.117. The monoisotopic (exact) mass is 264 g/mol. The third-order valence-electron chi connectivity index (χ3n) is 2.56. The number of ether oxygens (including phenoxy) is 1. The molecule has 1 atom stereocenters. The fourth-order valence-corrected chi connectivity index (χ4v) is 1.74. The third-order valence-corrected chi connectivity index (χ3v) is 2.56. The number of carbonyl (C=O) groups is 1. The Kier molecular flexibility index (Phi) is 5.83. The van der Waals surface area contributed by atoms with E-state index >= 15 is 0 Å². The minimum Gasteiger partial charge on any atom is -0.491 e. The molecule has 0 radical (unpaired) electrons. The Morgan fingerprint density at radius 2 is 1.79 bits per heavy atom. The summed E-state index contributed by atoms with van der Waals surface area (Å²) in [5.74, 6) is 1.05.